The van der Waals surface area contributed by atoms with Crippen LogP contribution in [0, 0.1) is 0 Å². The summed E-state index contributed by atoms with van der Waals surface area (Å²) in [7, 11) is 1.31. The van der Waals surface area contributed by atoms with Crippen LogP contribution in [0.25, 0.3) is 11.3 Å². The molecule has 18 heavy (non-hydrogen) atoms. The zero-order valence-electron chi connectivity index (χ0n) is 10.1. The molecule has 0 atom stereocenters. The third kappa shape index (κ3) is 2.68. The van der Waals surface area contributed by atoms with Gasteiger partial charge in [0.2, 0.25) is 5.82 Å². The molecule has 4 nitrogen and oxygen atoms in total. The first-order valence-corrected chi connectivity index (χ1v) is 6.53. The second kappa shape index (κ2) is 5.64. The molecule has 92 valence electrons. The van der Waals surface area contributed by atoms with Crippen molar-refractivity contribution >= 4 is 17.7 Å². The molecule has 2 aromatic rings. The third-order valence-electron chi connectivity index (χ3n) is 2.41. The number of aromatic nitrogens is 2. The van der Waals surface area contributed by atoms with Crippen LogP contribution in [0.2, 0.25) is 0 Å². The van der Waals surface area contributed by atoms with Gasteiger partial charge in [-0.25, -0.2) is 14.8 Å². The predicted molar refractivity (Wildman–Crippen MR) is 70.6 cm³/mol. The Morgan fingerprint density at radius 1 is 1.22 bits per heavy atom. The van der Waals surface area contributed by atoms with Gasteiger partial charge < -0.3 is 4.74 Å². The highest BCUT2D eigenvalue weighted by Gasteiger charge is 2.10. The quantitative estimate of drug-likeness (QED) is 0.627. The van der Waals surface area contributed by atoms with Gasteiger partial charge in [0, 0.05) is 16.7 Å². The van der Waals surface area contributed by atoms with Gasteiger partial charge in [0.15, 0.2) is 0 Å². The number of benzene rings is 1. The SMILES string of the molecule is COC(=O)c1nccc(-c2ccc(SC)cc2)n1. The molecule has 0 amide bonds. The number of rotatable bonds is 3. The van der Waals surface area contributed by atoms with Crippen molar-refractivity contribution in [3.05, 3.63) is 42.4 Å². The zero-order chi connectivity index (χ0) is 13.0. The molecule has 2 rings (SSSR count). The average molecular weight is 260 g/mol. The fourth-order valence-corrected chi connectivity index (χ4v) is 1.88. The highest BCUT2D eigenvalue weighted by Crippen LogP contribution is 2.21. The van der Waals surface area contributed by atoms with Crippen LogP contribution in [0.15, 0.2) is 41.4 Å². The Hall–Kier alpha value is -1.88. The highest BCUT2D eigenvalue weighted by molar-refractivity contribution is 7.98. The number of nitrogens with zero attached hydrogens (tertiary/aromatic N) is 2. The first-order chi connectivity index (χ1) is 8.74. The van der Waals surface area contributed by atoms with Crippen LogP contribution in [0.3, 0.4) is 0 Å². The van der Waals surface area contributed by atoms with E-state index in [0.29, 0.717) is 5.69 Å². The molecule has 0 unspecified atom stereocenters. The van der Waals surface area contributed by atoms with E-state index in [1.54, 1.807) is 24.0 Å². The summed E-state index contributed by atoms with van der Waals surface area (Å²) in [6, 6.07) is 9.73. The highest BCUT2D eigenvalue weighted by atomic mass is 32.2. The first-order valence-electron chi connectivity index (χ1n) is 5.30. The number of esters is 1. The number of hydrogen-bond acceptors (Lipinski definition) is 5. The number of ether oxygens (including phenoxy) is 1. The van der Waals surface area contributed by atoms with Crippen molar-refractivity contribution in [1.82, 2.24) is 9.97 Å². The van der Waals surface area contributed by atoms with Gasteiger partial charge in [0.25, 0.3) is 0 Å². The molecule has 0 bridgehead atoms. The van der Waals surface area contributed by atoms with Crippen molar-refractivity contribution in [1.29, 1.82) is 0 Å². The number of hydrogen-bond donors (Lipinski definition) is 0. The van der Waals surface area contributed by atoms with Gasteiger partial charge in [-0.05, 0) is 24.5 Å². The van der Waals surface area contributed by atoms with E-state index >= 15 is 0 Å². The Kier molecular flexibility index (Phi) is 3.94. The van der Waals surface area contributed by atoms with E-state index in [1.165, 1.54) is 12.0 Å². The maximum atomic E-state index is 11.3. The van der Waals surface area contributed by atoms with Crippen LogP contribution in [0.5, 0.6) is 0 Å². The lowest BCUT2D eigenvalue weighted by molar-refractivity contribution is 0.0587. The van der Waals surface area contributed by atoms with Gasteiger partial charge in [-0.1, -0.05) is 12.1 Å². The van der Waals surface area contributed by atoms with Crippen molar-refractivity contribution in [2.75, 3.05) is 13.4 Å². The summed E-state index contributed by atoms with van der Waals surface area (Å²) >= 11 is 1.68. The lowest BCUT2D eigenvalue weighted by Crippen LogP contribution is -2.07. The third-order valence-corrected chi connectivity index (χ3v) is 3.15. The molecule has 0 aliphatic rings. The molecule has 0 saturated heterocycles. The van der Waals surface area contributed by atoms with Gasteiger partial charge in [0.05, 0.1) is 12.8 Å². The fraction of sp³-hybridized carbons (Fsp3) is 0.154. The first kappa shape index (κ1) is 12.6. The van der Waals surface area contributed by atoms with Gasteiger partial charge in [-0.2, -0.15) is 0 Å². The number of carbonyl (C=O) groups is 1. The summed E-state index contributed by atoms with van der Waals surface area (Å²) in [4.78, 5) is 20.6. The molecule has 1 heterocycles. The van der Waals surface area contributed by atoms with E-state index in [1.807, 2.05) is 30.5 Å². The van der Waals surface area contributed by atoms with Gasteiger partial charge >= 0.3 is 5.97 Å². The Morgan fingerprint density at radius 3 is 2.56 bits per heavy atom. The second-order valence-corrected chi connectivity index (χ2v) is 4.37. The molecule has 0 saturated carbocycles. The largest absolute Gasteiger partial charge is 0.463 e. The second-order valence-electron chi connectivity index (χ2n) is 3.49. The van der Waals surface area contributed by atoms with E-state index in [9.17, 15) is 4.79 Å². The van der Waals surface area contributed by atoms with Crippen LogP contribution < -0.4 is 0 Å². The van der Waals surface area contributed by atoms with Crippen molar-refractivity contribution in [3.63, 3.8) is 0 Å². The lowest BCUT2D eigenvalue weighted by Gasteiger charge is -2.03. The number of carbonyl (C=O) groups excluding carboxylic acids is 1. The fourth-order valence-electron chi connectivity index (χ4n) is 1.47. The van der Waals surface area contributed by atoms with Gasteiger partial charge in [-0.3, -0.25) is 0 Å². The minimum Gasteiger partial charge on any atom is -0.463 e. The minimum atomic E-state index is -0.530. The molecule has 0 spiro atoms. The minimum absolute atomic E-state index is 0.0731. The standard InChI is InChI=1S/C13H12N2O2S/c1-17-13(16)12-14-8-7-11(15-12)9-3-5-10(18-2)6-4-9/h3-8H,1-2H3. The molecule has 0 N–H and O–H groups in total. The van der Waals surface area contributed by atoms with E-state index in [0.717, 1.165) is 5.56 Å². The van der Waals surface area contributed by atoms with E-state index < -0.39 is 5.97 Å². The van der Waals surface area contributed by atoms with Gasteiger partial charge in [0.1, 0.15) is 0 Å². The smallest absolute Gasteiger partial charge is 0.376 e. The van der Waals surface area contributed by atoms with Gasteiger partial charge in [-0.15, -0.1) is 11.8 Å². The van der Waals surface area contributed by atoms with E-state index in [4.69, 9.17) is 0 Å². The van der Waals surface area contributed by atoms with Crippen LogP contribution in [-0.2, 0) is 4.74 Å². The Labute approximate surface area is 109 Å². The Balaban J connectivity index is 2.35. The van der Waals surface area contributed by atoms with Crippen LogP contribution in [0.4, 0.5) is 0 Å². The van der Waals surface area contributed by atoms with E-state index in [-0.39, 0.29) is 5.82 Å². The van der Waals surface area contributed by atoms with Crippen LogP contribution in [0.1, 0.15) is 10.6 Å². The zero-order valence-corrected chi connectivity index (χ0v) is 10.9. The lowest BCUT2D eigenvalue weighted by atomic mass is 10.1. The predicted octanol–water partition coefficient (Wildman–Crippen LogP) is 2.65. The maximum absolute atomic E-state index is 11.3. The molecular weight excluding hydrogens is 248 g/mol. The van der Waals surface area contributed by atoms with Crippen LogP contribution in [-0.4, -0.2) is 29.3 Å². The summed E-state index contributed by atoms with van der Waals surface area (Å²) in [5, 5.41) is 0. The molecule has 0 aliphatic heterocycles. The van der Waals surface area contributed by atoms with Crippen molar-refractivity contribution in [2.24, 2.45) is 0 Å². The Morgan fingerprint density at radius 2 is 1.94 bits per heavy atom. The molecule has 1 aromatic carbocycles. The van der Waals surface area contributed by atoms with E-state index in [2.05, 4.69) is 14.7 Å². The monoisotopic (exact) mass is 260 g/mol. The molecule has 0 aliphatic carbocycles. The topological polar surface area (TPSA) is 52.1 Å². The normalized spacial score (nSPS) is 10.1. The summed E-state index contributed by atoms with van der Waals surface area (Å²) in [6.07, 6.45) is 3.58. The molecule has 1 aromatic heterocycles. The summed E-state index contributed by atoms with van der Waals surface area (Å²) in [5.74, 6) is -0.457. The average Bonchev–Trinajstić information content (AvgIpc) is 2.46. The maximum Gasteiger partial charge on any atom is 0.376 e. The molecule has 5 heteroatoms. The van der Waals surface area contributed by atoms with Crippen molar-refractivity contribution in [2.45, 2.75) is 4.90 Å². The molecule has 0 radical (unpaired) electrons. The summed E-state index contributed by atoms with van der Waals surface area (Å²) in [5.41, 5.74) is 1.65. The molecule has 0 fully saturated rings. The Bertz CT molecular complexity index is 555. The summed E-state index contributed by atoms with van der Waals surface area (Å²) in [6.45, 7) is 0. The van der Waals surface area contributed by atoms with Crippen LogP contribution >= 0.6 is 11.8 Å². The molecular formula is C13H12N2O2S. The van der Waals surface area contributed by atoms with Crippen molar-refractivity contribution in [3.8, 4) is 11.3 Å². The number of methoxy groups -OCH3 is 1. The number of thioether (sulfide) groups is 1. The summed E-state index contributed by atoms with van der Waals surface area (Å²) < 4.78 is 4.60. The van der Waals surface area contributed by atoms with Crippen molar-refractivity contribution < 1.29 is 9.53 Å².